The first kappa shape index (κ1) is 14.2. The van der Waals surface area contributed by atoms with E-state index in [2.05, 4.69) is 5.32 Å². The van der Waals surface area contributed by atoms with E-state index in [0.29, 0.717) is 6.54 Å². The zero-order valence-corrected chi connectivity index (χ0v) is 9.53. The molecule has 0 aliphatic heterocycles. The third-order valence-electron chi connectivity index (χ3n) is 1.44. The zero-order chi connectivity index (χ0) is 9.73. The molecule has 0 radical (unpaired) electrons. The van der Waals surface area contributed by atoms with Crippen molar-refractivity contribution in [3.8, 4) is 0 Å². The molecule has 0 saturated heterocycles. The van der Waals surface area contributed by atoms with Crippen LogP contribution in [0.4, 0.5) is 0 Å². The number of rotatable bonds is 5. The molecule has 0 spiro atoms. The Hall–Kier alpha value is 0.167. The molecule has 4 nitrogen and oxygen atoms in total. The number of hydrogen-bond donors (Lipinski definition) is 1. The molecule has 1 heterocycles. The quantitative estimate of drug-likeness (QED) is 0.340. The first-order valence-corrected chi connectivity index (χ1v) is 6.25. The summed E-state index contributed by atoms with van der Waals surface area (Å²) in [5, 5.41) is 6.79. The van der Waals surface area contributed by atoms with Crippen molar-refractivity contribution in [2.75, 3.05) is 12.3 Å². The second-order valence-electron chi connectivity index (χ2n) is 2.57. The van der Waals surface area contributed by atoms with E-state index < -0.39 is 10.1 Å². The van der Waals surface area contributed by atoms with Gasteiger partial charge >= 0.3 is 18.9 Å². The van der Waals surface area contributed by atoms with Gasteiger partial charge < -0.3 is 9.87 Å². The normalized spacial score (nSPS) is 10.9. The predicted octanol–water partition coefficient (Wildman–Crippen LogP) is -2.61. The van der Waals surface area contributed by atoms with Crippen molar-refractivity contribution in [1.82, 2.24) is 5.32 Å². The van der Waals surface area contributed by atoms with Crippen LogP contribution in [-0.4, -0.2) is 25.3 Å². The van der Waals surface area contributed by atoms with Crippen LogP contribution in [0.15, 0.2) is 16.8 Å². The molecular weight excluding hydrogens is 217 g/mol. The topological polar surface area (TPSA) is 69.2 Å². The first-order valence-electron chi connectivity index (χ1n) is 3.73. The van der Waals surface area contributed by atoms with Gasteiger partial charge in [0.05, 0.1) is 15.9 Å². The minimum atomic E-state index is -4.08. The Bertz CT molecular complexity index is 336. The van der Waals surface area contributed by atoms with Crippen molar-refractivity contribution in [3.05, 3.63) is 22.4 Å². The Balaban J connectivity index is 0.00000169. The second kappa shape index (κ2) is 6.61. The van der Waals surface area contributed by atoms with Crippen molar-refractivity contribution in [2.45, 2.75) is 6.54 Å². The third kappa shape index (κ3) is 6.60. The molecule has 0 aliphatic carbocycles. The van der Waals surface area contributed by atoms with Crippen LogP contribution in [0, 0.1) is 0 Å². The Morgan fingerprint density at radius 3 is 2.71 bits per heavy atom. The molecule has 14 heavy (non-hydrogen) atoms. The first-order chi connectivity index (χ1) is 6.08. The molecule has 0 unspecified atom stereocenters. The Morgan fingerprint density at radius 1 is 1.50 bits per heavy atom. The summed E-state index contributed by atoms with van der Waals surface area (Å²) in [7, 11) is -4.08. The van der Waals surface area contributed by atoms with Gasteiger partial charge in [-0.1, -0.05) is 0 Å². The van der Waals surface area contributed by atoms with Crippen molar-refractivity contribution in [3.63, 3.8) is 0 Å². The summed E-state index contributed by atoms with van der Waals surface area (Å²) in [5.74, 6) is -0.350. The van der Waals surface area contributed by atoms with Gasteiger partial charge in [0.25, 0.3) is 0 Å². The summed E-state index contributed by atoms with van der Waals surface area (Å²) in [6.45, 7) is 0.820. The van der Waals surface area contributed by atoms with Crippen molar-refractivity contribution < 1.29 is 31.8 Å². The van der Waals surface area contributed by atoms with Crippen molar-refractivity contribution in [1.29, 1.82) is 0 Å². The molecular formula is C7H10LiNO3S2. The van der Waals surface area contributed by atoms with E-state index in [1.165, 1.54) is 0 Å². The molecule has 1 aromatic rings. The van der Waals surface area contributed by atoms with Crippen LogP contribution in [0.1, 0.15) is 5.56 Å². The number of hydrogen-bond acceptors (Lipinski definition) is 5. The summed E-state index contributed by atoms with van der Waals surface area (Å²) < 4.78 is 30.6. The van der Waals surface area contributed by atoms with Crippen LogP contribution < -0.4 is 24.2 Å². The average molecular weight is 227 g/mol. The van der Waals surface area contributed by atoms with E-state index in [9.17, 15) is 13.0 Å². The SMILES string of the molecule is O=S(=O)([O-])CCNCc1ccsc1.[Li+]. The minimum Gasteiger partial charge on any atom is -0.748 e. The fourth-order valence-corrected chi connectivity index (χ4v) is 1.89. The van der Waals surface area contributed by atoms with Crippen LogP contribution in [0.2, 0.25) is 0 Å². The van der Waals surface area contributed by atoms with Crippen LogP contribution in [0.3, 0.4) is 0 Å². The summed E-state index contributed by atoms with van der Waals surface area (Å²) in [6, 6.07) is 1.95. The predicted molar refractivity (Wildman–Crippen MR) is 50.6 cm³/mol. The molecule has 1 aromatic heterocycles. The van der Waals surface area contributed by atoms with Gasteiger partial charge in [-0.3, -0.25) is 0 Å². The van der Waals surface area contributed by atoms with Crippen LogP contribution in [0.5, 0.6) is 0 Å². The van der Waals surface area contributed by atoms with Crippen molar-refractivity contribution in [2.24, 2.45) is 0 Å². The monoisotopic (exact) mass is 227 g/mol. The summed E-state index contributed by atoms with van der Waals surface area (Å²) in [6.07, 6.45) is 0. The largest absolute Gasteiger partial charge is 1.00 e. The Labute approximate surface area is 99.6 Å². The summed E-state index contributed by atoms with van der Waals surface area (Å²) >= 11 is 1.58. The van der Waals surface area contributed by atoms with E-state index >= 15 is 0 Å². The Morgan fingerprint density at radius 2 is 2.21 bits per heavy atom. The maximum atomic E-state index is 10.2. The van der Waals surface area contributed by atoms with E-state index in [-0.39, 0.29) is 31.2 Å². The molecule has 1 N–H and O–H groups in total. The van der Waals surface area contributed by atoms with Gasteiger partial charge in [-0.2, -0.15) is 11.3 Å². The molecule has 74 valence electrons. The summed E-state index contributed by atoms with van der Waals surface area (Å²) in [5.41, 5.74) is 1.10. The molecule has 7 heteroatoms. The summed E-state index contributed by atoms with van der Waals surface area (Å²) in [4.78, 5) is 0. The van der Waals surface area contributed by atoms with Gasteiger partial charge in [0.15, 0.2) is 0 Å². The molecule has 1 rings (SSSR count). The zero-order valence-electron chi connectivity index (χ0n) is 7.89. The molecule has 0 amide bonds. The molecule has 0 saturated carbocycles. The minimum absolute atomic E-state index is 0. The second-order valence-corrected chi connectivity index (χ2v) is 4.87. The average Bonchev–Trinajstić information content (AvgIpc) is 2.48. The molecule has 0 aromatic carbocycles. The maximum absolute atomic E-state index is 10.2. The smallest absolute Gasteiger partial charge is 0.748 e. The third-order valence-corrected chi connectivity index (χ3v) is 2.87. The van der Waals surface area contributed by atoms with Crippen LogP contribution in [-0.2, 0) is 16.7 Å². The van der Waals surface area contributed by atoms with Crippen LogP contribution >= 0.6 is 11.3 Å². The van der Waals surface area contributed by atoms with Gasteiger partial charge in [-0.15, -0.1) is 0 Å². The Kier molecular flexibility index (Phi) is 6.69. The van der Waals surface area contributed by atoms with Gasteiger partial charge in [0.1, 0.15) is 0 Å². The maximum Gasteiger partial charge on any atom is 1.00 e. The van der Waals surface area contributed by atoms with Crippen molar-refractivity contribution >= 4 is 21.5 Å². The van der Waals surface area contributed by atoms with Gasteiger partial charge in [0, 0.05) is 13.1 Å². The van der Waals surface area contributed by atoms with Gasteiger partial charge in [0.2, 0.25) is 0 Å². The van der Waals surface area contributed by atoms with E-state index in [1.807, 2.05) is 16.8 Å². The molecule has 0 atom stereocenters. The van der Waals surface area contributed by atoms with E-state index in [0.717, 1.165) is 5.56 Å². The van der Waals surface area contributed by atoms with Crippen LogP contribution in [0.25, 0.3) is 0 Å². The fraction of sp³-hybridized carbons (Fsp3) is 0.429. The number of thiophene rings is 1. The molecule has 0 bridgehead atoms. The van der Waals surface area contributed by atoms with E-state index in [1.54, 1.807) is 11.3 Å². The number of nitrogens with one attached hydrogen (secondary N) is 1. The fourth-order valence-electron chi connectivity index (χ4n) is 0.823. The molecule has 0 fully saturated rings. The van der Waals surface area contributed by atoms with Gasteiger partial charge in [-0.25, -0.2) is 8.42 Å². The van der Waals surface area contributed by atoms with E-state index in [4.69, 9.17) is 0 Å². The molecule has 0 aliphatic rings. The van der Waals surface area contributed by atoms with Gasteiger partial charge in [-0.05, 0) is 22.4 Å². The standard InChI is InChI=1S/C7H11NO3S2.Li/c9-13(10,11)4-2-8-5-7-1-3-12-6-7;/h1,3,6,8H,2,4-5H2,(H,9,10,11);/q;+1/p-1.